The number of aromatic nitrogens is 2. The zero-order valence-corrected chi connectivity index (χ0v) is 13.8. The standard InChI is InChI=1S/C17H28N4/c1-5-21-17-9-7-6-8-15(17)16(19-21)13-20(4)11-10-18-12-14(2)3/h6-9,14,18H,5,10-13H2,1-4H3. The van der Waals surface area contributed by atoms with Gasteiger partial charge in [-0.3, -0.25) is 9.58 Å². The molecule has 1 aromatic carbocycles. The van der Waals surface area contributed by atoms with Gasteiger partial charge in [-0.05, 0) is 32.5 Å². The Kier molecular flexibility index (Phi) is 5.76. The number of hydrogen-bond donors (Lipinski definition) is 1. The molecule has 0 aliphatic carbocycles. The Morgan fingerprint density at radius 2 is 2.05 bits per heavy atom. The molecular weight excluding hydrogens is 260 g/mol. The number of fused-ring (bicyclic) bond motifs is 1. The van der Waals surface area contributed by atoms with Gasteiger partial charge in [0.2, 0.25) is 0 Å². The molecule has 0 unspecified atom stereocenters. The van der Waals surface area contributed by atoms with Crippen molar-refractivity contribution >= 4 is 10.9 Å². The van der Waals surface area contributed by atoms with Crippen molar-refractivity contribution in [1.29, 1.82) is 0 Å². The number of nitrogens with one attached hydrogen (secondary N) is 1. The van der Waals surface area contributed by atoms with Crippen LogP contribution in [0.25, 0.3) is 10.9 Å². The van der Waals surface area contributed by atoms with Crippen molar-refractivity contribution in [1.82, 2.24) is 20.0 Å². The van der Waals surface area contributed by atoms with Crippen LogP contribution in [-0.2, 0) is 13.1 Å². The molecule has 0 bridgehead atoms. The first kappa shape index (κ1) is 16.0. The molecule has 4 nitrogen and oxygen atoms in total. The number of para-hydroxylation sites is 1. The molecule has 0 spiro atoms. The summed E-state index contributed by atoms with van der Waals surface area (Å²) in [6.07, 6.45) is 0. The molecule has 116 valence electrons. The van der Waals surface area contributed by atoms with Crippen LogP contribution < -0.4 is 5.32 Å². The van der Waals surface area contributed by atoms with Crippen molar-refractivity contribution in [2.45, 2.75) is 33.9 Å². The van der Waals surface area contributed by atoms with E-state index in [2.05, 4.69) is 67.0 Å². The average Bonchev–Trinajstić information content (AvgIpc) is 2.82. The fraction of sp³-hybridized carbons (Fsp3) is 0.588. The highest BCUT2D eigenvalue weighted by Gasteiger charge is 2.10. The highest BCUT2D eigenvalue weighted by molar-refractivity contribution is 5.81. The molecule has 0 saturated heterocycles. The lowest BCUT2D eigenvalue weighted by atomic mass is 10.2. The van der Waals surface area contributed by atoms with Gasteiger partial charge in [0.1, 0.15) is 0 Å². The molecule has 21 heavy (non-hydrogen) atoms. The largest absolute Gasteiger partial charge is 0.315 e. The van der Waals surface area contributed by atoms with Crippen LogP contribution in [0.1, 0.15) is 26.5 Å². The second-order valence-electron chi connectivity index (χ2n) is 6.12. The van der Waals surface area contributed by atoms with Crippen molar-refractivity contribution in [3.05, 3.63) is 30.0 Å². The van der Waals surface area contributed by atoms with E-state index in [9.17, 15) is 0 Å². The van der Waals surface area contributed by atoms with Crippen molar-refractivity contribution in [3.8, 4) is 0 Å². The fourth-order valence-corrected chi connectivity index (χ4v) is 2.55. The lowest BCUT2D eigenvalue weighted by molar-refractivity contribution is 0.317. The number of nitrogens with zero attached hydrogens (tertiary/aromatic N) is 3. The second-order valence-corrected chi connectivity index (χ2v) is 6.12. The average molecular weight is 288 g/mol. The summed E-state index contributed by atoms with van der Waals surface area (Å²) in [5.74, 6) is 0.708. The van der Waals surface area contributed by atoms with E-state index in [0.717, 1.165) is 32.7 Å². The van der Waals surface area contributed by atoms with Crippen LogP contribution in [0.4, 0.5) is 0 Å². The summed E-state index contributed by atoms with van der Waals surface area (Å²) < 4.78 is 2.09. The van der Waals surface area contributed by atoms with Gasteiger partial charge in [0.05, 0.1) is 11.2 Å². The molecule has 1 aromatic heterocycles. The van der Waals surface area contributed by atoms with E-state index in [-0.39, 0.29) is 0 Å². The summed E-state index contributed by atoms with van der Waals surface area (Å²) in [4.78, 5) is 2.34. The number of likely N-dealkylation sites (N-methyl/N-ethyl adjacent to an activating group) is 1. The zero-order valence-electron chi connectivity index (χ0n) is 13.8. The van der Waals surface area contributed by atoms with Gasteiger partial charge >= 0.3 is 0 Å². The fourth-order valence-electron chi connectivity index (χ4n) is 2.55. The molecular formula is C17H28N4. The minimum absolute atomic E-state index is 0.708. The predicted molar refractivity (Wildman–Crippen MR) is 89.4 cm³/mol. The number of hydrogen-bond acceptors (Lipinski definition) is 3. The SMILES string of the molecule is CCn1nc(CN(C)CCNCC(C)C)c2ccccc21. The summed E-state index contributed by atoms with van der Waals surface area (Å²) in [6.45, 7) is 11.6. The van der Waals surface area contributed by atoms with Crippen molar-refractivity contribution < 1.29 is 0 Å². The zero-order chi connectivity index (χ0) is 15.2. The van der Waals surface area contributed by atoms with Gasteiger partial charge in [-0.2, -0.15) is 5.10 Å². The van der Waals surface area contributed by atoms with Crippen LogP contribution in [0.2, 0.25) is 0 Å². The van der Waals surface area contributed by atoms with Crippen LogP contribution in [-0.4, -0.2) is 41.4 Å². The Morgan fingerprint density at radius 1 is 1.29 bits per heavy atom. The third-order valence-electron chi connectivity index (χ3n) is 3.68. The molecule has 1 N–H and O–H groups in total. The van der Waals surface area contributed by atoms with E-state index in [1.165, 1.54) is 16.6 Å². The van der Waals surface area contributed by atoms with Gasteiger partial charge in [0, 0.05) is 31.6 Å². The van der Waals surface area contributed by atoms with Gasteiger partial charge in [-0.15, -0.1) is 0 Å². The van der Waals surface area contributed by atoms with E-state index in [0.29, 0.717) is 5.92 Å². The molecule has 0 radical (unpaired) electrons. The lowest BCUT2D eigenvalue weighted by Gasteiger charge is -2.16. The van der Waals surface area contributed by atoms with Crippen LogP contribution in [0.15, 0.2) is 24.3 Å². The minimum atomic E-state index is 0.708. The molecule has 0 fully saturated rings. The van der Waals surface area contributed by atoms with Gasteiger partial charge in [0.25, 0.3) is 0 Å². The van der Waals surface area contributed by atoms with Crippen LogP contribution in [0.5, 0.6) is 0 Å². The second kappa shape index (κ2) is 7.57. The number of aryl methyl sites for hydroxylation is 1. The quantitative estimate of drug-likeness (QED) is 0.758. The highest BCUT2D eigenvalue weighted by atomic mass is 15.3. The molecule has 0 aliphatic heterocycles. The number of benzene rings is 1. The summed E-state index contributed by atoms with van der Waals surface area (Å²) in [5.41, 5.74) is 2.42. The molecule has 2 rings (SSSR count). The molecule has 4 heteroatoms. The molecule has 0 aliphatic rings. The number of rotatable bonds is 8. The Bertz CT molecular complexity index is 559. The summed E-state index contributed by atoms with van der Waals surface area (Å²) in [5, 5.41) is 9.53. The maximum Gasteiger partial charge on any atom is 0.0843 e. The maximum absolute atomic E-state index is 4.76. The van der Waals surface area contributed by atoms with E-state index in [1.54, 1.807) is 0 Å². The van der Waals surface area contributed by atoms with E-state index in [4.69, 9.17) is 5.10 Å². The van der Waals surface area contributed by atoms with Crippen LogP contribution in [0, 0.1) is 5.92 Å². The van der Waals surface area contributed by atoms with Crippen molar-refractivity contribution in [2.24, 2.45) is 5.92 Å². The summed E-state index contributed by atoms with van der Waals surface area (Å²) in [7, 11) is 2.16. The molecule has 1 heterocycles. The Labute approximate surface area is 128 Å². The van der Waals surface area contributed by atoms with Crippen LogP contribution in [0.3, 0.4) is 0 Å². The van der Waals surface area contributed by atoms with E-state index in [1.807, 2.05) is 0 Å². The summed E-state index contributed by atoms with van der Waals surface area (Å²) >= 11 is 0. The maximum atomic E-state index is 4.76. The first-order chi connectivity index (χ1) is 10.1. The van der Waals surface area contributed by atoms with Crippen molar-refractivity contribution in [2.75, 3.05) is 26.7 Å². The van der Waals surface area contributed by atoms with E-state index < -0.39 is 0 Å². The minimum Gasteiger partial charge on any atom is -0.315 e. The third-order valence-corrected chi connectivity index (χ3v) is 3.68. The highest BCUT2D eigenvalue weighted by Crippen LogP contribution is 2.19. The van der Waals surface area contributed by atoms with Gasteiger partial charge < -0.3 is 5.32 Å². The predicted octanol–water partition coefficient (Wildman–Crippen LogP) is 2.73. The smallest absolute Gasteiger partial charge is 0.0843 e. The van der Waals surface area contributed by atoms with Gasteiger partial charge in [0.15, 0.2) is 0 Å². The Hall–Kier alpha value is -1.39. The first-order valence-corrected chi connectivity index (χ1v) is 7.95. The van der Waals surface area contributed by atoms with Crippen LogP contribution >= 0.6 is 0 Å². The van der Waals surface area contributed by atoms with Gasteiger partial charge in [-0.1, -0.05) is 32.0 Å². The van der Waals surface area contributed by atoms with Crippen molar-refractivity contribution in [3.63, 3.8) is 0 Å². The molecule has 0 atom stereocenters. The van der Waals surface area contributed by atoms with Gasteiger partial charge in [-0.25, -0.2) is 0 Å². The first-order valence-electron chi connectivity index (χ1n) is 7.95. The summed E-state index contributed by atoms with van der Waals surface area (Å²) in [6, 6.07) is 8.51. The topological polar surface area (TPSA) is 33.1 Å². The third kappa shape index (κ3) is 4.29. The Morgan fingerprint density at radius 3 is 2.76 bits per heavy atom. The normalized spacial score (nSPS) is 11.9. The van der Waals surface area contributed by atoms with E-state index >= 15 is 0 Å². The molecule has 0 amide bonds. The monoisotopic (exact) mass is 288 g/mol. The molecule has 0 saturated carbocycles. The lowest BCUT2D eigenvalue weighted by Crippen LogP contribution is -2.31. The molecule has 2 aromatic rings. The Balaban J connectivity index is 1.96.